The van der Waals surface area contributed by atoms with Crippen LogP contribution < -0.4 is 5.32 Å². The summed E-state index contributed by atoms with van der Waals surface area (Å²) in [6, 6.07) is 10.5. The van der Waals surface area contributed by atoms with Gasteiger partial charge >= 0.3 is 0 Å². The predicted molar refractivity (Wildman–Crippen MR) is 78.6 cm³/mol. The molecule has 2 heterocycles. The topological polar surface area (TPSA) is 55.6 Å². The summed E-state index contributed by atoms with van der Waals surface area (Å²) < 4.78 is 1.78. The molecular weight excluding hydrogens is 250 g/mol. The molecule has 0 aliphatic heterocycles. The third-order valence-electron chi connectivity index (χ3n) is 3.09. The van der Waals surface area contributed by atoms with Gasteiger partial charge < -0.3 is 5.32 Å². The molecular formula is C15H17N5. The number of aromatic nitrogens is 4. The van der Waals surface area contributed by atoms with E-state index in [1.807, 2.05) is 36.5 Å². The van der Waals surface area contributed by atoms with Crippen LogP contribution in [-0.4, -0.2) is 26.0 Å². The first-order chi connectivity index (χ1) is 9.74. The van der Waals surface area contributed by atoms with Crippen molar-refractivity contribution < 1.29 is 0 Å². The minimum Gasteiger partial charge on any atom is -0.309 e. The molecule has 0 unspecified atom stereocenters. The monoisotopic (exact) mass is 267 g/mol. The Morgan fingerprint density at radius 2 is 2.05 bits per heavy atom. The van der Waals surface area contributed by atoms with Crippen LogP contribution in [0.3, 0.4) is 0 Å². The number of pyridine rings is 1. The number of fused-ring (bicyclic) bond motifs is 1. The first-order valence-electron chi connectivity index (χ1n) is 6.73. The van der Waals surface area contributed by atoms with Crippen LogP contribution in [0.15, 0.2) is 42.7 Å². The normalized spacial score (nSPS) is 11.3. The molecule has 0 bridgehead atoms. The summed E-state index contributed by atoms with van der Waals surface area (Å²) in [6.45, 7) is 4.94. The van der Waals surface area contributed by atoms with E-state index >= 15 is 0 Å². The second-order valence-electron chi connectivity index (χ2n) is 5.04. The van der Waals surface area contributed by atoms with Crippen molar-refractivity contribution in [1.29, 1.82) is 0 Å². The number of nitrogens with one attached hydrogen (secondary N) is 1. The Balaban J connectivity index is 1.95. The maximum absolute atomic E-state index is 4.44. The quantitative estimate of drug-likeness (QED) is 0.788. The molecule has 1 aromatic carbocycles. The van der Waals surface area contributed by atoms with Crippen molar-refractivity contribution in [2.45, 2.75) is 26.4 Å². The van der Waals surface area contributed by atoms with Gasteiger partial charge in [0, 0.05) is 24.2 Å². The highest BCUT2D eigenvalue weighted by molar-refractivity contribution is 5.85. The fourth-order valence-electron chi connectivity index (χ4n) is 2.08. The maximum atomic E-state index is 4.44. The van der Waals surface area contributed by atoms with Crippen LogP contribution >= 0.6 is 0 Å². The largest absolute Gasteiger partial charge is 0.309 e. The lowest BCUT2D eigenvalue weighted by Crippen LogP contribution is -2.21. The van der Waals surface area contributed by atoms with E-state index in [4.69, 9.17) is 0 Å². The highest BCUT2D eigenvalue weighted by Crippen LogP contribution is 2.19. The minimum absolute atomic E-state index is 0.430. The third kappa shape index (κ3) is 2.53. The van der Waals surface area contributed by atoms with Crippen molar-refractivity contribution in [3.63, 3.8) is 0 Å². The van der Waals surface area contributed by atoms with Crippen molar-refractivity contribution in [2.24, 2.45) is 0 Å². The number of benzene rings is 1. The molecule has 102 valence electrons. The Kier molecular flexibility index (Phi) is 3.43. The minimum atomic E-state index is 0.430. The van der Waals surface area contributed by atoms with E-state index in [1.54, 1.807) is 10.9 Å². The molecule has 5 heteroatoms. The Bertz CT molecular complexity index is 712. The third-order valence-corrected chi connectivity index (χ3v) is 3.09. The fraction of sp³-hybridized carbons (Fsp3) is 0.267. The van der Waals surface area contributed by atoms with Gasteiger partial charge in [-0.2, -0.15) is 0 Å². The van der Waals surface area contributed by atoms with Crippen LogP contribution in [0.2, 0.25) is 0 Å². The first-order valence-corrected chi connectivity index (χ1v) is 6.73. The lowest BCUT2D eigenvalue weighted by molar-refractivity contribution is 0.580. The van der Waals surface area contributed by atoms with Crippen molar-refractivity contribution in [3.05, 3.63) is 48.4 Å². The molecule has 0 saturated heterocycles. The van der Waals surface area contributed by atoms with Crippen molar-refractivity contribution in [2.75, 3.05) is 0 Å². The molecule has 0 aliphatic carbocycles. The number of para-hydroxylation sites is 1. The summed E-state index contributed by atoms with van der Waals surface area (Å²) in [5, 5.41) is 12.8. The van der Waals surface area contributed by atoms with E-state index < -0.39 is 0 Å². The molecule has 0 fully saturated rings. The molecule has 1 N–H and O–H groups in total. The van der Waals surface area contributed by atoms with Crippen molar-refractivity contribution >= 4 is 10.9 Å². The molecule has 0 amide bonds. The zero-order chi connectivity index (χ0) is 13.9. The average Bonchev–Trinajstić information content (AvgIpc) is 2.93. The summed E-state index contributed by atoms with van der Waals surface area (Å²) in [6.07, 6.45) is 3.74. The smallest absolute Gasteiger partial charge is 0.0969 e. The summed E-state index contributed by atoms with van der Waals surface area (Å²) in [7, 11) is 0. The molecule has 2 aromatic heterocycles. The maximum Gasteiger partial charge on any atom is 0.0969 e. The Labute approximate surface area is 117 Å². The molecule has 20 heavy (non-hydrogen) atoms. The molecule has 3 aromatic rings. The van der Waals surface area contributed by atoms with Crippen LogP contribution in [0.5, 0.6) is 0 Å². The molecule has 3 rings (SSSR count). The van der Waals surface area contributed by atoms with Crippen LogP contribution in [0, 0.1) is 0 Å². The number of nitrogens with zero attached hydrogens (tertiary/aromatic N) is 4. The molecule has 5 nitrogen and oxygen atoms in total. The van der Waals surface area contributed by atoms with Crippen molar-refractivity contribution in [1.82, 2.24) is 25.3 Å². The zero-order valence-corrected chi connectivity index (χ0v) is 11.6. The van der Waals surface area contributed by atoms with Crippen LogP contribution in [-0.2, 0) is 6.54 Å². The van der Waals surface area contributed by atoms with E-state index in [1.165, 1.54) is 0 Å². The van der Waals surface area contributed by atoms with Crippen LogP contribution in [0.4, 0.5) is 0 Å². The first kappa shape index (κ1) is 12.7. The SMILES string of the molecule is CC(C)NCc1cn(-c2cccc3cccnc23)nn1. The Hall–Kier alpha value is -2.27. The zero-order valence-electron chi connectivity index (χ0n) is 11.6. The standard InChI is InChI=1S/C15H17N5/c1-11(2)17-9-13-10-20(19-18-13)14-7-3-5-12-6-4-8-16-15(12)14/h3-8,10-11,17H,9H2,1-2H3. The van der Waals surface area contributed by atoms with Gasteiger partial charge in [-0.1, -0.05) is 37.3 Å². The van der Waals surface area contributed by atoms with E-state index in [-0.39, 0.29) is 0 Å². The van der Waals surface area contributed by atoms with Gasteiger partial charge in [0.05, 0.1) is 23.1 Å². The predicted octanol–water partition coefficient (Wildman–Crippen LogP) is 2.31. The van der Waals surface area contributed by atoms with E-state index in [0.717, 1.165) is 28.8 Å². The highest BCUT2D eigenvalue weighted by atomic mass is 15.4. The van der Waals surface area contributed by atoms with Gasteiger partial charge in [0.25, 0.3) is 0 Å². The van der Waals surface area contributed by atoms with Gasteiger partial charge in [-0.05, 0) is 12.1 Å². The number of rotatable bonds is 4. The van der Waals surface area contributed by atoms with Gasteiger partial charge in [0.1, 0.15) is 0 Å². The average molecular weight is 267 g/mol. The Morgan fingerprint density at radius 1 is 1.20 bits per heavy atom. The van der Waals surface area contributed by atoms with Gasteiger partial charge in [-0.15, -0.1) is 5.10 Å². The van der Waals surface area contributed by atoms with Crippen LogP contribution in [0.1, 0.15) is 19.5 Å². The number of hydrogen-bond donors (Lipinski definition) is 1. The van der Waals surface area contributed by atoms with Crippen LogP contribution in [0.25, 0.3) is 16.6 Å². The number of hydrogen-bond acceptors (Lipinski definition) is 4. The fourth-order valence-corrected chi connectivity index (χ4v) is 2.08. The van der Waals surface area contributed by atoms with Gasteiger partial charge in [0.15, 0.2) is 0 Å². The molecule has 0 radical (unpaired) electrons. The summed E-state index contributed by atoms with van der Waals surface area (Å²) >= 11 is 0. The lowest BCUT2D eigenvalue weighted by atomic mass is 10.2. The van der Waals surface area contributed by atoms with Gasteiger partial charge in [-0.3, -0.25) is 4.98 Å². The van der Waals surface area contributed by atoms with E-state index in [2.05, 4.69) is 34.5 Å². The molecule has 0 atom stereocenters. The second kappa shape index (κ2) is 5.38. The van der Waals surface area contributed by atoms with Crippen molar-refractivity contribution in [3.8, 4) is 5.69 Å². The van der Waals surface area contributed by atoms with Gasteiger partial charge in [0.2, 0.25) is 0 Å². The van der Waals surface area contributed by atoms with Gasteiger partial charge in [-0.25, -0.2) is 4.68 Å². The molecule has 0 aliphatic rings. The summed E-state index contributed by atoms with van der Waals surface area (Å²) in [5.74, 6) is 0. The molecule has 0 spiro atoms. The Morgan fingerprint density at radius 3 is 2.90 bits per heavy atom. The summed E-state index contributed by atoms with van der Waals surface area (Å²) in [4.78, 5) is 4.44. The highest BCUT2D eigenvalue weighted by Gasteiger charge is 2.07. The second-order valence-corrected chi connectivity index (χ2v) is 5.04. The molecule has 0 saturated carbocycles. The van der Waals surface area contributed by atoms with E-state index in [0.29, 0.717) is 6.04 Å². The summed E-state index contributed by atoms with van der Waals surface area (Å²) in [5.41, 5.74) is 2.81. The van der Waals surface area contributed by atoms with E-state index in [9.17, 15) is 0 Å². The lowest BCUT2D eigenvalue weighted by Gasteiger charge is -2.05.